The van der Waals surface area contributed by atoms with Gasteiger partial charge in [0.25, 0.3) is 0 Å². The van der Waals surface area contributed by atoms with E-state index >= 15 is 0 Å². The van der Waals surface area contributed by atoms with Gasteiger partial charge in [-0.3, -0.25) is 4.90 Å². The maximum Gasteiger partial charge on any atom is 0.408 e. The van der Waals surface area contributed by atoms with E-state index < -0.39 is 29.4 Å². The van der Waals surface area contributed by atoms with Crippen molar-refractivity contribution in [2.45, 2.75) is 84.0 Å². The van der Waals surface area contributed by atoms with E-state index in [1.807, 2.05) is 20.8 Å². The zero-order chi connectivity index (χ0) is 19.4. The van der Waals surface area contributed by atoms with E-state index in [9.17, 15) is 14.7 Å². The van der Waals surface area contributed by atoms with E-state index in [4.69, 9.17) is 9.57 Å². The van der Waals surface area contributed by atoms with Gasteiger partial charge in [-0.15, -0.1) is 0 Å². The standard InChI is InChI=1S/C17H31N3O5/c1-16(2,3)20(15(22)23)13-10-11(19-24-7)8-9-12(13)18-14(21)25-17(4,5)6/h12-13H,8-10H2,1-7H3,(H,18,21)(H,22,23)/t12-,13+/m0/s1. The summed E-state index contributed by atoms with van der Waals surface area (Å²) in [6, 6.07) is -0.811. The van der Waals surface area contributed by atoms with Crippen LogP contribution in [0.5, 0.6) is 0 Å². The lowest BCUT2D eigenvalue weighted by Crippen LogP contribution is -2.61. The van der Waals surface area contributed by atoms with Crippen LogP contribution in [-0.2, 0) is 9.57 Å². The number of hydrogen-bond acceptors (Lipinski definition) is 5. The van der Waals surface area contributed by atoms with Crippen LogP contribution in [-0.4, -0.2) is 58.2 Å². The third-order valence-corrected chi connectivity index (χ3v) is 3.84. The molecule has 8 heteroatoms. The maximum atomic E-state index is 12.2. The molecule has 0 spiro atoms. The van der Waals surface area contributed by atoms with Gasteiger partial charge in [-0.05, 0) is 54.4 Å². The number of hydrogen-bond donors (Lipinski definition) is 2. The molecule has 0 saturated heterocycles. The van der Waals surface area contributed by atoms with Crippen molar-refractivity contribution in [2.75, 3.05) is 7.11 Å². The average Bonchev–Trinajstić information content (AvgIpc) is 2.37. The molecule has 0 aromatic carbocycles. The topological polar surface area (TPSA) is 100 Å². The molecule has 2 N–H and O–H groups in total. The first-order valence-corrected chi connectivity index (χ1v) is 8.46. The summed E-state index contributed by atoms with van der Waals surface area (Å²) in [7, 11) is 1.46. The van der Waals surface area contributed by atoms with Crippen molar-refractivity contribution in [2.24, 2.45) is 5.16 Å². The van der Waals surface area contributed by atoms with Crippen LogP contribution in [0, 0.1) is 0 Å². The zero-order valence-electron chi connectivity index (χ0n) is 16.3. The third kappa shape index (κ3) is 6.43. The van der Waals surface area contributed by atoms with Gasteiger partial charge in [0.15, 0.2) is 0 Å². The minimum absolute atomic E-state index is 0.360. The molecule has 0 unspecified atom stereocenters. The molecule has 0 radical (unpaired) electrons. The predicted molar refractivity (Wildman–Crippen MR) is 94.9 cm³/mol. The van der Waals surface area contributed by atoms with Crippen LogP contribution < -0.4 is 5.32 Å². The van der Waals surface area contributed by atoms with Crippen molar-refractivity contribution in [3.8, 4) is 0 Å². The summed E-state index contributed by atoms with van der Waals surface area (Å²) < 4.78 is 5.32. The summed E-state index contributed by atoms with van der Waals surface area (Å²) in [5.41, 5.74) is -0.460. The number of amides is 2. The molecular weight excluding hydrogens is 326 g/mol. The fourth-order valence-electron chi connectivity index (χ4n) is 3.04. The molecule has 0 bridgehead atoms. The van der Waals surface area contributed by atoms with E-state index in [-0.39, 0.29) is 6.04 Å². The van der Waals surface area contributed by atoms with Crippen LogP contribution >= 0.6 is 0 Å². The van der Waals surface area contributed by atoms with Crippen molar-refractivity contribution in [3.05, 3.63) is 0 Å². The van der Waals surface area contributed by atoms with Gasteiger partial charge in [-0.2, -0.15) is 0 Å². The van der Waals surface area contributed by atoms with Crippen LogP contribution in [0.15, 0.2) is 5.16 Å². The Balaban J connectivity index is 3.06. The Bertz CT molecular complexity index is 519. The number of alkyl carbamates (subject to hydrolysis) is 1. The molecule has 1 aliphatic carbocycles. The number of nitrogens with one attached hydrogen (secondary N) is 1. The summed E-state index contributed by atoms with van der Waals surface area (Å²) in [5, 5.41) is 16.5. The Morgan fingerprint density at radius 3 is 2.28 bits per heavy atom. The van der Waals surface area contributed by atoms with Crippen LogP contribution in [0.3, 0.4) is 0 Å². The zero-order valence-corrected chi connectivity index (χ0v) is 16.3. The minimum Gasteiger partial charge on any atom is -0.465 e. The normalized spacial score (nSPS) is 23.1. The monoisotopic (exact) mass is 357 g/mol. The molecule has 1 fully saturated rings. The molecule has 2 atom stereocenters. The second kappa shape index (κ2) is 7.93. The Hall–Kier alpha value is -1.99. The molecule has 0 aromatic rings. The maximum absolute atomic E-state index is 12.2. The highest BCUT2D eigenvalue weighted by Gasteiger charge is 2.41. The minimum atomic E-state index is -1.04. The highest BCUT2D eigenvalue weighted by molar-refractivity contribution is 5.86. The highest BCUT2D eigenvalue weighted by Crippen LogP contribution is 2.28. The first-order chi connectivity index (χ1) is 11.3. The number of carbonyl (C=O) groups excluding carboxylic acids is 1. The lowest BCUT2D eigenvalue weighted by molar-refractivity contribution is 0.0330. The van der Waals surface area contributed by atoms with Crippen LogP contribution in [0.1, 0.15) is 60.8 Å². The molecule has 0 aliphatic heterocycles. The number of ether oxygens (including phenoxy) is 1. The van der Waals surface area contributed by atoms with Crippen LogP contribution in [0.25, 0.3) is 0 Å². The van der Waals surface area contributed by atoms with E-state index in [0.717, 1.165) is 5.71 Å². The van der Waals surface area contributed by atoms with Gasteiger partial charge in [-0.1, -0.05) is 5.16 Å². The molecule has 2 amide bonds. The first-order valence-electron chi connectivity index (χ1n) is 8.46. The molecule has 1 saturated carbocycles. The van der Waals surface area contributed by atoms with Crippen molar-refractivity contribution in [1.29, 1.82) is 0 Å². The lowest BCUT2D eigenvalue weighted by atomic mass is 9.85. The van der Waals surface area contributed by atoms with Gasteiger partial charge in [0.05, 0.1) is 17.8 Å². The van der Waals surface area contributed by atoms with Gasteiger partial charge >= 0.3 is 12.2 Å². The van der Waals surface area contributed by atoms with Crippen molar-refractivity contribution in [3.63, 3.8) is 0 Å². The van der Waals surface area contributed by atoms with E-state index in [1.54, 1.807) is 20.8 Å². The largest absolute Gasteiger partial charge is 0.465 e. The Morgan fingerprint density at radius 2 is 1.84 bits per heavy atom. The van der Waals surface area contributed by atoms with E-state index in [0.29, 0.717) is 19.3 Å². The fraction of sp³-hybridized carbons (Fsp3) is 0.824. The Morgan fingerprint density at radius 1 is 1.24 bits per heavy atom. The van der Waals surface area contributed by atoms with Crippen molar-refractivity contribution in [1.82, 2.24) is 10.2 Å². The average molecular weight is 357 g/mol. The number of carbonyl (C=O) groups is 2. The van der Waals surface area contributed by atoms with Gasteiger partial charge in [0, 0.05) is 12.0 Å². The molecule has 1 aliphatic rings. The summed E-state index contributed by atoms with van der Waals surface area (Å²) in [5.74, 6) is 0. The highest BCUT2D eigenvalue weighted by atomic mass is 16.6. The number of carboxylic acid groups (broad SMARTS) is 1. The summed E-state index contributed by atoms with van der Waals surface area (Å²) >= 11 is 0. The summed E-state index contributed by atoms with van der Waals surface area (Å²) in [6.07, 6.45) is 0.00715. The second-order valence-corrected chi connectivity index (χ2v) is 8.23. The molecule has 0 heterocycles. The van der Waals surface area contributed by atoms with Crippen molar-refractivity contribution >= 4 is 17.9 Å². The Labute approximate surface area is 149 Å². The molecule has 8 nitrogen and oxygen atoms in total. The fourth-order valence-corrected chi connectivity index (χ4v) is 3.04. The van der Waals surface area contributed by atoms with Crippen LogP contribution in [0.4, 0.5) is 9.59 Å². The van der Waals surface area contributed by atoms with Crippen molar-refractivity contribution < 1.29 is 24.3 Å². The van der Waals surface area contributed by atoms with Gasteiger partial charge in [-0.25, -0.2) is 9.59 Å². The quantitative estimate of drug-likeness (QED) is 0.755. The van der Waals surface area contributed by atoms with E-state index in [2.05, 4.69) is 10.5 Å². The molecular formula is C17H31N3O5. The predicted octanol–water partition coefficient (Wildman–Crippen LogP) is 3.21. The molecule has 1 rings (SSSR count). The lowest BCUT2D eigenvalue weighted by Gasteiger charge is -2.45. The summed E-state index contributed by atoms with van der Waals surface area (Å²) in [6.45, 7) is 10.8. The summed E-state index contributed by atoms with van der Waals surface area (Å²) in [4.78, 5) is 30.3. The molecule has 0 aromatic heterocycles. The number of oxime groups is 1. The Kier molecular flexibility index (Phi) is 6.68. The number of nitrogens with zero attached hydrogens (tertiary/aromatic N) is 2. The first kappa shape index (κ1) is 21.1. The molecule has 25 heavy (non-hydrogen) atoms. The smallest absolute Gasteiger partial charge is 0.408 e. The van der Waals surface area contributed by atoms with Gasteiger partial charge < -0.3 is 20.0 Å². The van der Waals surface area contributed by atoms with Crippen LogP contribution in [0.2, 0.25) is 0 Å². The van der Waals surface area contributed by atoms with Gasteiger partial charge in [0.1, 0.15) is 12.7 Å². The number of rotatable bonds is 3. The second-order valence-electron chi connectivity index (χ2n) is 8.23. The SMILES string of the molecule is CON=C1CC[C@H](NC(=O)OC(C)(C)C)[C@H](N(C(=O)O)C(C)(C)C)C1. The van der Waals surface area contributed by atoms with Gasteiger partial charge in [0.2, 0.25) is 0 Å². The van der Waals surface area contributed by atoms with E-state index in [1.165, 1.54) is 12.0 Å². The third-order valence-electron chi connectivity index (χ3n) is 3.84. The molecule has 144 valence electrons.